The summed E-state index contributed by atoms with van der Waals surface area (Å²) in [7, 11) is 1.53. The fraction of sp³-hybridized carbons (Fsp3) is 0.133. The Balaban J connectivity index is 1.90. The number of fused-ring (bicyclic) bond motifs is 1. The second-order valence-electron chi connectivity index (χ2n) is 4.42. The van der Waals surface area contributed by atoms with Crippen molar-refractivity contribution in [2.75, 3.05) is 7.11 Å². The maximum Gasteiger partial charge on any atom is 0.320 e. The molecule has 22 heavy (non-hydrogen) atoms. The number of pyridine rings is 1. The molecule has 0 saturated carbocycles. The van der Waals surface area contributed by atoms with Crippen LogP contribution in [0.2, 0.25) is 10.0 Å². The molecule has 0 aliphatic rings. The molecule has 3 rings (SSSR count). The number of halogens is 2. The predicted molar refractivity (Wildman–Crippen MR) is 84.7 cm³/mol. The van der Waals surface area contributed by atoms with Crippen LogP contribution >= 0.6 is 23.2 Å². The van der Waals surface area contributed by atoms with Gasteiger partial charge in [-0.05, 0) is 18.2 Å². The second-order valence-corrected chi connectivity index (χ2v) is 5.27. The van der Waals surface area contributed by atoms with Crippen LogP contribution in [0.4, 0.5) is 0 Å². The van der Waals surface area contributed by atoms with Gasteiger partial charge in [-0.15, -0.1) is 0 Å². The first-order valence-electron chi connectivity index (χ1n) is 6.40. The van der Waals surface area contributed by atoms with Crippen molar-refractivity contribution in [2.24, 2.45) is 0 Å². The third kappa shape index (κ3) is 3.05. The standard InChI is InChI=1S/C15H11Cl2N3O2/c1-21-13-3-5-19-15(20-13)22-8-9-2-4-18-12-7-10(16)6-11(17)14(9)12/h2-7H,8H2,1H3. The highest BCUT2D eigenvalue weighted by atomic mass is 35.5. The van der Waals surface area contributed by atoms with E-state index < -0.39 is 0 Å². The zero-order valence-electron chi connectivity index (χ0n) is 11.6. The average Bonchev–Trinajstić information content (AvgIpc) is 2.52. The van der Waals surface area contributed by atoms with Crippen molar-refractivity contribution in [3.63, 3.8) is 0 Å². The molecule has 0 N–H and O–H groups in total. The fourth-order valence-corrected chi connectivity index (χ4v) is 2.65. The predicted octanol–water partition coefficient (Wildman–Crippen LogP) is 3.92. The number of methoxy groups -OCH3 is 1. The van der Waals surface area contributed by atoms with E-state index in [1.165, 1.54) is 7.11 Å². The minimum Gasteiger partial charge on any atom is -0.481 e. The zero-order valence-corrected chi connectivity index (χ0v) is 13.1. The molecular weight excluding hydrogens is 325 g/mol. The van der Waals surface area contributed by atoms with E-state index in [0.29, 0.717) is 21.4 Å². The largest absolute Gasteiger partial charge is 0.481 e. The van der Waals surface area contributed by atoms with Crippen LogP contribution in [0.5, 0.6) is 11.9 Å². The molecule has 0 atom stereocenters. The van der Waals surface area contributed by atoms with Crippen molar-refractivity contribution in [2.45, 2.75) is 6.61 Å². The summed E-state index contributed by atoms with van der Waals surface area (Å²) in [5.41, 5.74) is 1.59. The highest BCUT2D eigenvalue weighted by molar-refractivity contribution is 6.38. The van der Waals surface area contributed by atoms with Crippen LogP contribution in [0, 0.1) is 0 Å². The first-order valence-corrected chi connectivity index (χ1v) is 7.15. The Kier molecular flexibility index (Phi) is 4.27. The van der Waals surface area contributed by atoms with Crippen molar-refractivity contribution >= 4 is 34.1 Å². The molecule has 0 saturated heterocycles. The van der Waals surface area contributed by atoms with Crippen molar-refractivity contribution < 1.29 is 9.47 Å². The number of aromatic nitrogens is 3. The van der Waals surface area contributed by atoms with E-state index in [9.17, 15) is 0 Å². The monoisotopic (exact) mass is 335 g/mol. The molecule has 0 radical (unpaired) electrons. The minimum absolute atomic E-state index is 0.231. The highest BCUT2D eigenvalue weighted by Crippen LogP contribution is 2.29. The molecule has 7 heteroatoms. The normalized spacial score (nSPS) is 10.7. The Bertz CT molecular complexity index is 827. The molecule has 2 heterocycles. The molecule has 0 spiro atoms. The van der Waals surface area contributed by atoms with Gasteiger partial charge in [-0.25, -0.2) is 4.98 Å². The van der Waals surface area contributed by atoms with Gasteiger partial charge in [0.15, 0.2) is 0 Å². The van der Waals surface area contributed by atoms with E-state index in [2.05, 4.69) is 15.0 Å². The van der Waals surface area contributed by atoms with E-state index in [0.717, 1.165) is 10.9 Å². The van der Waals surface area contributed by atoms with Gasteiger partial charge >= 0.3 is 6.01 Å². The van der Waals surface area contributed by atoms with Crippen LogP contribution in [-0.4, -0.2) is 22.1 Å². The summed E-state index contributed by atoms with van der Waals surface area (Å²) in [5, 5.41) is 1.87. The van der Waals surface area contributed by atoms with E-state index in [4.69, 9.17) is 32.7 Å². The van der Waals surface area contributed by atoms with Crippen LogP contribution in [0.1, 0.15) is 5.56 Å². The second kappa shape index (κ2) is 6.34. The van der Waals surface area contributed by atoms with Crippen LogP contribution in [0.25, 0.3) is 10.9 Å². The number of benzene rings is 1. The maximum atomic E-state index is 6.27. The molecule has 0 fully saturated rings. The molecule has 0 unspecified atom stereocenters. The summed E-state index contributed by atoms with van der Waals surface area (Å²) >= 11 is 12.3. The van der Waals surface area contributed by atoms with Crippen molar-refractivity contribution in [3.8, 4) is 11.9 Å². The topological polar surface area (TPSA) is 57.1 Å². The Morgan fingerprint density at radius 3 is 2.73 bits per heavy atom. The van der Waals surface area contributed by atoms with Crippen LogP contribution in [0.15, 0.2) is 36.7 Å². The third-order valence-electron chi connectivity index (χ3n) is 3.02. The molecule has 0 bridgehead atoms. The Labute approximate surface area is 136 Å². The van der Waals surface area contributed by atoms with Gasteiger partial charge in [0.2, 0.25) is 5.88 Å². The summed E-state index contributed by atoms with van der Waals surface area (Å²) < 4.78 is 10.6. The van der Waals surface area contributed by atoms with Gasteiger partial charge in [0, 0.05) is 34.4 Å². The van der Waals surface area contributed by atoms with Crippen LogP contribution < -0.4 is 9.47 Å². The molecule has 0 aliphatic heterocycles. The van der Waals surface area contributed by atoms with Gasteiger partial charge in [0.25, 0.3) is 0 Å². The van der Waals surface area contributed by atoms with Crippen LogP contribution in [0.3, 0.4) is 0 Å². The van der Waals surface area contributed by atoms with Gasteiger partial charge in [0.1, 0.15) is 6.61 Å². The molecule has 2 aromatic heterocycles. The maximum absolute atomic E-state index is 6.27. The highest BCUT2D eigenvalue weighted by Gasteiger charge is 2.09. The number of rotatable bonds is 4. The third-order valence-corrected chi connectivity index (χ3v) is 3.53. The molecule has 1 aromatic carbocycles. The number of ether oxygens (including phenoxy) is 2. The van der Waals surface area contributed by atoms with Crippen molar-refractivity contribution in [1.82, 2.24) is 15.0 Å². The van der Waals surface area contributed by atoms with E-state index in [-0.39, 0.29) is 12.6 Å². The Hall–Kier alpha value is -2.11. The molecule has 0 amide bonds. The summed E-state index contributed by atoms with van der Waals surface area (Å²) in [6, 6.07) is 7.15. The Morgan fingerprint density at radius 2 is 1.91 bits per heavy atom. The van der Waals surface area contributed by atoms with Gasteiger partial charge in [-0.1, -0.05) is 23.2 Å². The minimum atomic E-state index is 0.231. The van der Waals surface area contributed by atoms with Crippen LogP contribution in [-0.2, 0) is 6.61 Å². The van der Waals surface area contributed by atoms with Crippen molar-refractivity contribution in [1.29, 1.82) is 0 Å². The average molecular weight is 336 g/mol. The van der Waals surface area contributed by atoms with Gasteiger partial charge in [-0.3, -0.25) is 4.98 Å². The smallest absolute Gasteiger partial charge is 0.320 e. The quantitative estimate of drug-likeness (QED) is 0.723. The zero-order chi connectivity index (χ0) is 15.5. The lowest BCUT2D eigenvalue weighted by Crippen LogP contribution is -2.01. The van der Waals surface area contributed by atoms with E-state index >= 15 is 0 Å². The van der Waals surface area contributed by atoms with Crippen molar-refractivity contribution in [3.05, 3.63) is 52.3 Å². The van der Waals surface area contributed by atoms with Gasteiger partial charge in [-0.2, -0.15) is 4.98 Å². The summed E-state index contributed by atoms with van der Waals surface area (Å²) in [6.45, 7) is 0.257. The lowest BCUT2D eigenvalue weighted by Gasteiger charge is -2.09. The lowest BCUT2D eigenvalue weighted by molar-refractivity contribution is 0.275. The van der Waals surface area contributed by atoms with Gasteiger partial charge < -0.3 is 9.47 Å². The molecule has 0 aliphatic carbocycles. The SMILES string of the molecule is COc1ccnc(OCc2ccnc3cc(Cl)cc(Cl)c23)n1. The number of hydrogen-bond acceptors (Lipinski definition) is 5. The van der Waals surface area contributed by atoms with E-state index in [1.807, 2.05) is 6.07 Å². The first kappa shape index (κ1) is 14.8. The fourth-order valence-electron chi connectivity index (χ4n) is 2.04. The molecule has 3 aromatic rings. The summed E-state index contributed by atoms with van der Waals surface area (Å²) in [6.07, 6.45) is 3.25. The summed E-state index contributed by atoms with van der Waals surface area (Å²) in [5.74, 6) is 0.439. The molecule has 5 nitrogen and oxygen atoms in total. The number of nitrogens with zero attached hydrogens (tertiary/aromatic N) is 3. The molecule has 112 valence electrons. The van der Waals surface area contributed by atoms with Gasteiger partial charge in [0.05, 0.1) is 17.6 Å². The van der Waals surface area contributed by atoms with E-state index in [1.54, 1.807) is 30.6 Å². The lowest BCUT2D eigenvalue weighted by atomic mass is 10.1. The summed E-state index contributed by atoms with van der Waals surface area (Å²) in [4.78, 5) is 12.4. The first-order chi connectivity index (χ1) is 10.7. The number of hydrogen-bond donors (Lipinski definition) is 0. The Morgan fingerprint density at radius 1 is 1.09 bits per heavy atom. The molecular formula is C15H11Cl2N3O2.